The highest BCUT2D eigenvalue weighted by Crippen LogP contribution is 2.38. The number of aromatic amines is 1. The molecule has 30 heavy (non-hydrogen) atoms. The summed E-state index contributed by atoms with van der Waals surface area (Å²) in [6, 6.07) is 9.90. The first-order chi connectivity index (χ1) is 14.5. The van der Waals surface area contributed by atoms with Crippen LogP contribution in [0.4, 0.5) is 0 Å². The molecular weight excluding hydrogens is 380 g/mol. The maximum absolute atomic E-state index is 12.9. The second-order valence-electron chi connectivity index (χ2n) is 8.66. The van der Waals surface area contributed by atoms with Gasteiger partial charge in [-0.05, 0) is 50.5 Å². The third kappa shape index (κ3) is 4.12. The van der Waals surface area contributed by atoms with E-state index in [0.717, 1.165) is 48.9 Å². The number of fused-ring (bicyclic) bond motifs is 1. The Morgan fingerprint density at radius 2 is 1.97 bits per heavy atom. The molecule has 0 unspecified atom stereocenters. The molecule has 3 atom stereocenters. The molecule has 4 rings (SSSR count). The zero-order valence-electron chi connectivity index (χ0n) is 17.4. The molecule has 2 amide bonds. The van der Waals surface area contributed by atoms with Crippen molar-refractivity contribution in [3.8, 4) is 0 Å². The van der Waals surface area contributed by atoms with E-state index in [4.69, 9.17) is 0 Å². The Bertz CT molecular complexity index is 910. The number of rotatable bonds is 5. The molecule has 7 heteroatoms. The lowest BCUT2D eigenvalue weighted by molar-refractivity contribution is -0.120. The van der Waals surface area contributed by atoms with Gasteiger partial charge in [-0.25, -0.2) is 0 Å². The van der Waals surface area contributed by atoms with Crippen LogP contribution in [0.2, 0.25) is 0 Å². The standard InChI is InChI=1S/C23H30N4O3/c1-15(28)25-19-10-12-23(13-11-20(19)29,16-6-3-2-4-7-16)14-24-22(30)21-17-8-5-9-18(17)26-27-21/h2-4,6-7,19-20,29H,5,8-14H2,1H3,(H,24,30)(H,25,28)(H,26,27)/t19-,20-,23-/m0/s1. The minimum atomic E-state index is -0.593. The minimum absolute atomic E-state index is 0.132. The summed E-state index contributed by atoms with van der Waals surface area (Å²) in [4.78, 5) is 24.5. The Balaban J connectivity index is 1.54. The van der Waals surface area contributed by atoms with E-state index in [9.17, 15) is 14.7 Å². The Labute approximate surface area is 176 Å². The summed E-state index contributed by atoms with van der Waals surface area (Å²) in [5.74, 6) is -0.278. The van der Waals surface area contributed by atoms with Crippen molar-refractivity contribution in [3.63, 3.8) is 0 Å². The molecule has 1 heterocycles. The van der Waals surface area contributed by atoms with Crippen LogP contribution in [0.15, 0.2) is 30.3 Å². The van der Waals surface area contributed by atoms with Gasteiger partial charge in [0.15, 0.2) is 5.69 Å². The number of hydrogen-bond donors (Lipinski definition) is 4. The molecule has 2 aromatic rings. The van der Waals surface area contributed by atoms with Crippen molar-refractivity contribution >= 4 is 11.8 Å². The van der Waals surface area contributed by atoms with E-state index >= 15 is 0 Å². The molecule has 160 valence electrons. The van der Waals surface area contributed by atoms with Gasteiger partial charge in [-0.3, -0.25) is 14.7 Å². The van der Waals surface area contributed by atoms with Crippen LogP contribution in [0.25, 0.3) is 0 Å². The highest BCUT2D eigenvalue weighted by molar-refractivity contribution is 5.94. The van der Waals surface area contributed by atoms with Gasteiger partial charge in [-0.15, -0.1) is 0 Å². The van der Waals surface area contributed by atoms with Gasteiger partial charge < -0.3 is 15.7 Å². The van der Waals surface area contributed by atoms with Crippen molar-refractivity contribution in [1.29, 1.82) is 0 Å². The average molecular weight is 411 g/mol. The first kappa shape index (κ1) is 20.6. The maximum atomic E-state index is 12.9. The van der Waals surface area contributed by atoms with E-state index in [0.29, 0.717) is 25.1 Å². The molecule has 1 aromatic carbocycles. The maximum Gasteiger partial charge on any atom is 0.272 e. The number of carbonyl (C=O) groups excluding carboxylic acids is 2. The van der Waals surface area contributed by atoms with Crippen LogP contribution >= 0.6 is 0 Å². The summed E-state index contributed by atoms with van der Waals surface area (Å²) in [7, 11) is 0. The van der Waals surface area contributed by atoms with Crippen LogP contribution in [-0.2, 0) is 23.1 Å². The van der Waals surface area contributed by atoms with Crippen LogP contribution in [0.3, 0.4) is 0 Å². The molecule has 0 radical (unpaired) electrons. The molecule has 1 aromatic heterocycles. The lowest BCUT2D eigenvalue weighted by atomic mass is 9.74. The lowest BCUT2D eigenvalue weighted by Crippen LogP contribution is -2.42. The van der Waals surface area contributed by atoms with Gasteiger partial charge in [0, 0.05) is 30.1 Å². The molecule has 2 aliphatic carbocycles. The van der Waals surface area contributed by atoms with Crippen LogP contribution < -0.4 is 10.6 Å². The van der Waals surface area contributed by atoms with Gasteiger partial charge in [-0.1, -0.05) is 30.3 Å². The number of nitrogens with zero attached hydrogens (tertiary/aromatic N) is 1. The molecule has 0 spiro atoms. The van der Waals surface area contributed by atoms with Crippen LogP contribution in [0.5, 0.6) is 0 Å². The largest absolute Gasteiger partial charge is 0.391 e. The molecule has 0 bridgehead atoms. The first-order valence-electron chi connectivity index (χ1n) is 10.8. The molecule has 0 aliphatic heterocycles. The summed E-state index contributed by atoms with van der Waals surface area (Å²) in [5.41, 5.74) is 3.48. The molecule has 1 saturated carbocycles. The third-order valence-corrected chi connectivity index (χ3v) is 6.70. The number of aryl methyl sites for hydroxylation is 1. The van der Waals surface area contributed by atoms with E-state index in [1.165, 1.54) is 6.92 Å². The van der Waals surface area contributed by atoms with Gasteiger partial charge >= 0.3 is 0 Å². The summed E-state index contributed by atoms with van der Waals surface area (Å²) in [6.45, 7) is 1.95. The Kier molecular flexibility index (Phi) is 5.90. The highest BCUT2D eigenvalue weighted by atomic mass is 16.3. The molecule has 1 fully saturated rings. The van der Waals surface area contributed by atoms with Gasteiger partial charge in [0.05, 0.1) is 12.1 Å². The summed E-state index contributed by atoms with van der Waals surface area (Å²) in [6.07, 6.45) is 5.02. The molecule has 4 N–H and O–H groups in total. The van der Waals surface area contributed by atoms with E-state index in [-0.39, 0.29) is 23.3 Å². The van der Waals surface area contributed by atoms with E-state index < -0.39 is 6.10 Å². The van der Waals surface area contributed by atoms with Gasteiger partial charge in [0.2, 0.25) is 5.91 Å². The van der Waals surface area contributed by atoms with E-state index in [1.54, 1.807) is 0 Å². The fourth-order valence-corrected chi connectivity index (χ4v) is 5.00. The molecule has 0 saturated heterocycles. The quantitative estimate of drug-likeness (QED) is 0.566. The predicted octanol–water partition coefficient (Wildman–Crippen LogP) is 2.01. The fourth-order valence-electron chi connectivity index (χ4n) is 5.00. The van der Waals surface area contributed by atoms with Crippen molar-refractivity contribution < 1.29 is 14.7 Å². The number of benzene rings is 1. The minimum Gasteiger partial charge on any atom is -0.391 e. The Morgan fingerprint density at radius 1 is 1.20 bits per heavy atom. The van der Waals surface area contributed by atoms with Crippen LogP contribution in [0.1, 0.15) is 66.3 Å². The van der Waals surface area contributed by atoms with Crippen LogP contribution in [-0.4, -0.2) is 45.8 Å². The van der Waals surface area contributed by atoms with Crippen LogP contribution in [0, 0.1) is 0 Å². The van der Waals surface area contributed by atoms with Gasteiger partial charge in [0.1, 0.15) is 0 Å². The number of hydrogen-bond acceptors (Lipinski definition) is 4. The lowest BCUT2D eigenvalue weighted by Gasteiger charge is -2.34. The second kappa shape index (κ2) is 8.60. The summed E-state index contributed by atoms with van der Waals surface area (Å²) < 4.78 is 0. The second-order valence-corrected chi connectivity index (χ2v) is 8.66. The van der Waals surface area contributed by atoms with Gasteiger partial charge in [-0.2, -0.15) is 5.10 Å². The summed E-state index contributed by atoms with van der Waals surface area (Å²) in [5, 5.41) is 23.9. The first-order valence-corrected chi connectivity index (χ1v) is 10.8. The Morgan fingerprint density at radius 3 is 2.73 bits per heavy atom. The van der Waals surface area contributed by atoms with E-state index in [1.807, 2.05) is 18.2 Å². The molecule has 2 aliphatic rings. The highest BCUT2D eigenvalue weighted by Gasteiger charge is 2.38. The van der Waals surface area contributed by atoms with Crippen molar-refractivity contribution in [2.45, 2.75) is 69.4 Å². The number of nitrogens with one attached hydrogen (secondary N) is 3. The van der Waals surface area contributed by atoms with Gasteiger partial charge in [0.25, 0.3) is 5.91 Å². The zero-order chi connectivity index (χ0) is 21.1. The molecule has 7 nitrogen and oxygen atoms in total. The topological polar surface area (TPSA) is 107 Å². The average Bonchev–Trinajstić information content (AvgIpc) is 3.32. The SMILES string of the molecule is CC(=O)N[C@H]1CC[C@](CNC(=O)c2n[nH]c3c2CCC3)(c2ccccc2)CC[C@@H]1O. The summed E-state index contributed by atoms with van der Waals surface area (Å²) >= 11 is 0. The number of amides is 2. The number of aliphatic hydroxyl groups excluding tert-OH is 1. The molecular formula is C23H30N4O3. The predicted molar refractivity (Wildman–Crippen MR) is 113 cm³/mol. The zero-order valence-corrected chi connectivity index (χ0v) is 17.4. The normalized spacial score (nSPS) is 25.9. The fraction of sp³-hybridized carbons (Fsp3) is 0.522. The third-order valence-electron chi connectivity index (χ3n) is 6.70. The number of aromatic nitrogens is 2. The van der Waals surface area contributed by atoms with Crippen molar-refractivity contribution in [3.05, 3.63) is 52.8 Å². The number of carbonyl (C=O) groups is 2. The van der Waals surface area contributed by atoms with Crippen molar-refractivity contribution in [2.24, 2.45) is 0 Å². The number of aliphatic hydroxyl groups is 1. The van der Waals surface area contributed by atoms with E-state index in [2.05, 4.69) is 33.0 Å². The monoisotopic (exact) mass is 410 g/mol. The smallest absolute Gasteiger partial charge is 0.272 e. The number of H-pyrrole nitrogens is 1. The van der Waals surface area contributed by atoms with Crippen molar-refractivity contribution in [2.75, 3.05) is 6.54 Å². The van der Waals surface area contributed by atoms with Crippen molar-refractivity contribution in [1.82, 2.24) is 20.8 Å². The Hall–Kier alpha value is -2.67.